The van der Waals surface area contributed by atoms with Crippen LogP contribution in [0.2, 0.25) is 0 Å². The smallest absolute Gasteiger partial charge is 0.331 e. The summed E-state index contributed by atoms with van der Waals surface area (Å²) in [5, 5.41) is 2.60. The van der Waals surface area contributed by atoms with Crippen LogP contribution in [0, 0.1) is 0 Å². The van der Waals surface area contributed by atoms with E-state index in [9.17, 15) is 9.59 Å². The highest BCUT2D eigenvalue weighted by Crippen LogP contribution is 2.36. The van der Waals surface area contributed by atoms with Gasteiger partial charge in [0.1, 0.15) is 5.54 Å². The minimum atomic E-state index is -0.679. The van der Waals surface area contributed by atoms with Crippen molar-refractivity contribution in [3.63, 3.8) is 0 Å². The maximum Gasteiger partial charge on any atom is 0.331 e. The number of amides is 1. The third-order valence-corrected chi connectivity index (χ3v) is 1.83. The predicted octanol–water partition coefficient (Wildman–Crippen LogP) is 0.218. The third kappa shape index (κ3) is 1.75. The van der Waals surface area contributed by atoms with Crippen molar-refractivity contribution >= 4 is 11.9 Å². The molecule has 1 saturated carbocycles. The Labute approximate surface area is 71.3 Å². The maximum atomic E-state index is 11.2. The van der Waals surface area contributed by atoms with Gasteiger partial charge in [-0.05, 0) is 19.8 Å². The number of esters is 1. The summed E-state index contributed by atoms with van der Waals surface area (Å²) in [5.41, 5.74) is -0.679. The van der Waals surface area contributed by atoms with Crippen LogP contribution in [-0.2, 0) is 14.3 Å². The summed E-state index contributed by atoms with van der Waals surface area (Å²) in [6.45, 7) is 3.52. The van der Waals surface area contributed by atoms with Crippen molar-refractivity contribution in [2.24, 2.45) is 0 Å². The van der Waals surface area contributed by atoms with Gasteiger partial charge in [-0.1, -0.05) is 0 Å². The second-order valence-electron chi connectivity index (χ2n) is 2.98. The summed E-state index contributed by atoms with van der Waals surface area (Å²) in [6.07, 6.45) is 1.40. The van der Waals surface area contributed by atoms with E-state index in [1.54, 1.807) is 6.92 Å². The van der Waals surface area contributed by atoms with Gasteiger partial charge in [0, 0.05) is 6.92 Å². The van der Waals surface area contributed by atoms with Crippen LogP contribution in [0.15, 0.2) is 0 Å². The molecule has 0 heterocycles. The molecule has 68 valence electrons. The van der Waals surface area contributed by atoms with Crippen molar-refractivity contribution in [3.8, 4) is 0 Å². The van der Waals surface area contributed by atoms with E-state index in [-0.39, 0.29) is 11.9 Å². The van der Waals surface area contributed by atoms with Gasteiger partial charge in [0.05, 0.1) is 6.61 Å². The van der Waals surface area contributed by atoms with Crippen molar-refractivity contribution in [2.75, 3.05) is 6.61 Å². The first-order valence-electron chi connectivity index (χ1n) is 4.07. The van der Waals surface area contributed by atoms with Crippen LogP contribution in [0.1, 0.15) is 26.7 Å². The van der Waals surface area contributed by atoms with Crippen molar-refractivity contribution in [1.29, 1.82) is 0 Å². The zero-order chi connectivity index (χ0) is 9.19. The molecule has 0 saturated heterocycles. The number of nitrogens with one attached hydrogen (secondary N) is 1. The molecule has 1 rings (SSSR count). The fourth-order valence-corrected chi connectivity index (χ4v) is 1.11. The molecule has 1 aliphatic carbocycles. The molecule has 1 amide bonds. The summed E-state index contributed by atoms with van der Waals surface area (Å²) in [6, 6.07) is 0. The van der Waals surface area contributed by atoms with E-state index in [0.29, 0.717) is 19.4 Å². The zero-order valence-electron chi connectivity index (χ0n) is 7.35. The van der Waals surface area contributed by atoms with Gasteiger partial charge in [-0.25, -0.2) is 4.79 Å². The largest absolute Gasteiger partial charge is 0.464 e. The number of hydrogen-bond acceptors (Lipinski definition) is 3. The molecule has 4 nitrogen and oxygen atoms in total. The molecule has 4 heteroatoms. The molecular formula is C8H13NO3. The molecule has 1 N–H and O–H groups in total. The lowest BCUT2D eigenvalue weighted by molar-refractivity contribution is -0.148. The summed E-state index contributed by atoms with van der Waals surface area (Å²) < 4.78 is 4.82. The molecule has 1 fully saturated rings. The number of ether oxygens (including phenoxy) is 1. The lowest BCUT2D eigenvalue weighted by atomic mass is 10.3. The van der Waals surface area contributed by atoms with Crippen molar-refractivity contribution < 1.29 is 14.3 Å². The van der Waals surface area contributed by atoms with Crippen LogP contribution >= 0.6 is 0 Å². The Bertz CT molecular complexity index is 208. The monoisotopic (exact) mass is 171 g/mol. The highest BCUT2D eigenvalue weighted by molar-refractivity contribution is 5.89. The highest BCUT2D eigenvalue weighted by Gasteiger charge is 2.52. The Kier molecular flexibility index (Phi) is 2.35. The summed E-state index contributed by atoms with van der Waals surface area (Å²) in [5.74, 6) is -0.485. The average molecular weight is 171 g/mol. The molecule has 1 aliphatic rings. The predicted molar refractivity (Wildman–Crippen MR) is 42.4 cm³/mol. The van der Waals surface area contributed by atoms with Gasteiger partial charge in [-0.15, -0.1) is 0 Å². The maximum absolute atomic E-state index is 11.2. The number of rotatable bonds is 3. The second kappa shape index (κ2) is 3.13. The molecular weight excluding hydrogens is 158 g/mol. The third-order valence-electron chi connectivity index (χ3n) is 1.83. The van der Waals surface area contributed by atoms with Gasteiger partial charge >= 0.3 is 5.97 Å². The molecule has 0 radical (unpaired) electrons. The van der Waals surface area contributed by atoms with Crippen LogP contribution in [-0.4, -0.2) is 24.0 Å². The molecule has 0 atom stereocenters. The van der Waals surface area contributed by atoms with Crippen molar-refractivity contribution in [2.45, 2.75) is 32.2 Å². The fraction of sp³-hybridized carbons (Fsp3) is 0.750. The summed E-state index contributed by atoms with van der Waals surface area (Å²) >= 11 is 0. The highest BCUT2D eigenvalue weighted by atomic mass is 16.5. The lowest BCUT2D eigenvalue weighted by Crippen LogP contribution is -2.43. The van der Waals surface area contributed by atoms with Crippen molar-refractivity contribution in [1.82, 2.24) is 5.32 Å². The molecule has 12 heavy (non-hydrogen) atoms. The van der Waals surface area contributed by atoms with Crippen LogP contribution < -0.4 is 5.32 Å². The van der Waals surface area contributed by atoms with Crippen LogP contribution in [0.25, 0.3) is 0 Å². The lowest BCUT2D eigenvalue weighted by Gasteiger charge is -2.13. The number of carbonyl (C=O) groups is 2. The Hall–Kier alpha value is -1.06. The topological polar surface area (TPSA) is 55.4 Å². The summed E-state index contributed by atoms with van der Waals surface area (Å²) in [7, 11) is 0. The Morgan fingerprint density at radius 3 is 2.42 bits per heavy atom. The van der Waals surface area contributed by atoms with Gasteiger partial charge in [0.2, 0.25) is 5.91 Å². The molecule has 0 spiro atoms. The Morgan fingerprint density at radius 2 is 2.08 bits per heavy atom. The molecule has 0 aromatic rings. The van der Waals surface area contributed by atoms with E-state index in [0.717, 1.165) is 0 Å². The van der Waals surface area contributed by atoms with Gasteiger partial charge in [0.15, 0.2) is 0 Å². The molecule has 0 unspecified atom stereocenters. The van der Waals surface area contributed by atoms with Gasteiger partial charge in [-0.3, -0.25) is 4.79 Å². The first-order valence-corrected chi connectivity index (χ1v) is 4.07. The number of hydrogen-bond donors (Lipinski definition) is 1. The zero-order valence-corrected chi connectivity index (χ0v) is 7.35. The molecule has 0 aromatic carbocycles. The van der Waals surface area contributed by atoms with E-state index in [2.05, 4.69) is 5.32 Å². The van der Waals surface area contributed by atoms with Crippen LogP contribution in [0.5, 0.6) is 0 Å². The molecule has 0 bridgehead atoms. The van der Waals surface area contributed by atoms with Gasteiger partial charge < -0.3 is 10.1 Å². The van der Waals surface area contributed by atoms with Crippen LogP contribution in [0.4, 0.5) is 0 Å². The van der Waals surface area contributed by atoms with E-state index < -0.39 is 5.54 Å². The minimum Gasteiger partial charge on any atom is -0.464 e. The molecule has 0 aromatic heterocycles. The van der Waals surface area contributed by atoms with Gasteiger partial charge in [-0.2, -0.15) is 0 Å². The minimum absolute atomic E-state index is 0.180. The fourth-order valence-electron chi connectivity index (χ4n) is 1.11. The van der Waals surface area contributed by atoms with E-state index >= 15 is 0 Å². The first-order chi connectivity index (χ1) is 5.60. The standard InChI is InChI=1S/C8H13NO3/c1-3-12-7(11)8(4-5-8)9-6(2)10/h3-5H2,1-2H3,(H,9,10). The van der Waals surface area contributed by atoms with Gasteiger partial charge in [0.25, 0.3) is 0 Å². The van der Waals surface area contributed by atoms with E-state index in [4.69, 9.17) is 4.74 Å². The normalized spacial score (nSPS) is 18.2. The molecule has 0 aliphatic heterocycles. The Balaban J connectivity index is 2.48. The van der Waals surface area contributed by atoms with E-state index in [1.165, 1.54) is 6.92 Å². The van der Waals surface area contributed by atoms with E-state index in [1.807, 2.05) is 0 Å². The average Bonchev–Trinajstić information content (AvgIpc) is 2.69. The quantitative estimate of drug-likeness (QED) is 0.618. The summed E-state index contributed by atoms with van der Waals surface area (Å²) in [4.78, 5) is 21.9. The number of carbonyl (C=O) groups excluding carboxylic acids is 2. The SMILES string of the molecule is CCOC(=O)C1(NC(C)=O)CC1. The first kappa shape index (κ1) is 9.03. The Morgan fingerprint density at radius 1 is 1.50 bits per heavy atom. The van der Waals surface area contributed by atoms with Crippen LogP contribution in [0.3, 0.4) is 0 Å². The van der Waals surface area contributed by atoms with Crippen molar-refractivity contribution in [3.05, 3.63) is 0 Å². The second-order valence-corrected chi connectivity index (χ2v) is 2.98.